The predicted molar refractivity (Wildman–Crippen MR) is 74.0 cm³/mol. The van der Waals surface area contributed by atoms with Gasteiger partial charge in [0.15, 0.2) is 0 Å². The first-order chi connectivity index (χ1) is 8.43. The topological polar surface area (TPSA) is 49.3 Å². The van der Waals surface area contributed by atoms with Crippen molar-refractivity contribution >= 4 is 17.5 Å². The number of aliphatic hydroxyl groups excluding tert-OH is 1. The molecule has 1 aromatic rings. The van der Waals surface area contributed by atoms with Crippen LogP contribution < -0.4 is 5.32 Å². The lowest BCUT2D eigenvalue weighted by Gasteiger charge is -2.18. The number of rotatable bonds is 5. The Balaban J connectivity index is 2.74. The molecule has 1 aromatic carbocycles. The second kappa shape index (κ2) is 6.76. The molecule has 0 aromatic heterocycles. The Kier molecular flexibility index (Phi) is 5.63. The van der Waals surface area contributed by atoms with Crippen LogP contribution in [0.2, 0.25) is 5.02 Å². The summed E-state index contributed by atoms with van der Waals surface area (Å²) in [5.41, 5.74) is 1.46. The number of hydrogen-bond acceptors (Lipinski definition) is 2. The molecule has 0 radical (unpaired) electrons. The van der Waals surface area contributed by atoms with E-state index in [4.69, 9.17) is 11.6 Å². The summed E-state index contributed by atoms with van der Waals surface area (Å²) in [4.78, 5) is 12.0. The van der Waals surface area contributed by atoms with E-state index in [9.17, 15) is 9.90 Å². The summed E-state index contributed by atoms with van der Waals surface area (Å²) in [6, 6.07) is 5.08. The van der Waals surface area contributed by atoms with Gasteiger partial charge in [-0.25, -0.2) is 0 Å². The molecule has 0 fully saturated rings. The molecule has 0 bridgehead atoms. The van der Waals surface area contributed by atoms with Gasteiger partial charge in [-0.15, -0.1) is 0 Å². The summed E-state index contributed by atoms with van der Waals surface area (Å²) in [6.07, 6.45) is 0.742. The molecule has 0 saturated carbocycles. The third-order valence-corrected chi connectivity index (χ3v) is 2.99. The fraction of sp³-hybridized carbons (Fsp3) is 0.500. The summed E-state index contributed by atoms with van der Waals surface area (Å²) in [7, 11) is 0. The van der Waals surface area contributed by atoms with E-state index >= 15 is 0 Å². The summed E-state index contributed by atoms with van der Waals surface area (Å²) in [6.45, 7) is 5.96. The zero-order chi connectivity index (χ0) is 13.7. The molecule has 1 atom stereocenters. The van der Waals surface area contributed by atoms with Crippen LogP contribution in [0.4, 0.5) is 0 Å². The zero-order valence-corrected chi connectivity index (χ0v) is 11.8. The molecule has 0 spiro atoms. The zero-order valence-electron chi connectivity index (χ0n) is 11.0. The minimum atomic E-state index is -0.236. The fourth-order valence-electron chi connectivity index (χ4n) is 1.82. The van der Waals surface area contributed by atoms with Gasteiger partial charge in [0.25, 0.3) is 5.91 Å². The van der Waals surface area contributed by atoms with E-state index in [0.717, 1.165) is 12.0 Å². The number of nitrogens with one attached hydrogen (secondary N) is 1. The molecule has 0 aliphatic heterocycles. The van der Waals surface area contributed by atoms with Crippen molar-refractivity contribution in [3.63, 3.8) is 0 Å². The fourth-order valence-corrected chi connectivity index (χ4v) is 2.14. The Morgan fingerprint density at radius 1 is 1.44 bits per heavy atom. The lowest BCUT2D eigenvalue weighted by molar-refractivity contribution is 0.0908. The number of aryl methyl sites for hydroxylation is 1. The highest BCUT2D eigenvalue weighted by atomic mass is 35.5. The van der Waals surface area contributed by atoms with Gasteiger partial charge in [0.1, 0.15) is 0 Å². The van der Waals surface area contributed by atoms with Gasteiger partial charge in [-0.2, -0.15) is 0 Å². The molecule has 100 valence electrons. The summed E-state index contributed by atoms with van der Waals surface area (Å²) < 4.78 is 0. The van der Waals surface area contributed by atoms with E-state index in [1.807, 2.05) is 26.8 Å². The minimum Gasteiger partial charge on any atom is -0.394 e. The van der Waals surface area contributed by atoms with Crippen LogP contribution >= 0.6 is 11.6 Å². The number of hydrogen-bond donors (Lipinski definition) is 2. The SMILES string of the molecule is Cc1ccc(C(=O)NC(CO)CC(C)C)c(Cl)c1. The maximum Gasteiger partial charge on any atom is 0.253 e. The van der Waals surface area contributed by atoms with Gasteiger partial charge in [0.05, 0.1) is 23.2 Å². The average Bonchev–Trinajstić information content (AvgIpc) is 2.27. The van der Waals surface area contributed by atoms with E-state index in [1.54, 1.807) is 12.1 Å². The smallest absolute Gasteiger partial charge is 0.253 e. The number of benzene rings is 1. The van der Waals surface area contributed by atoms with E-state index in [2.05, 4.69) is 5.32 Å². The van der Waals surface area contributed by atoms with Crippen molar-refractivity contribution in [2.75, 3.05) is 6.61 Å². The maximum absolute atomic E-state index is 12.0. The molecule has 2 N–H and O–H groups in total. The molecule has 1 rings (SSSR count). The van der Waals surface area contributed by atoms with Crippen LogP contribution in [0.1, 0.15) is 36.2 Å². The second-order valence-corrected chi connectivity index (χ2v) is 5.37. The van der Waals surface area contributed by atoms with Crippen molar-refractivity contribution in [1.29, 1.82) is 0 Å². The Hall–Kier alpha value is -1.06. The minimum absolute atomic E-state index is 0.0621. The number of carbonyl (C=O) groups is 1. The quantitative estimate of drug-likeness (QED) is 0.864. The highest BCUT2D eigenvalue weighted by Crippen LogP contribution is 2.18. The third kappa shape index (κ3) is 4.31. The molecule has 1 unspecified atom stereocenters. The molecule has 4 heteroatoms. The van der Waals surface area contributed by atoms with Crippen LogP contribution in [0.3, 0.4) is 0 Å². The summed E-state index contributed by atoms with van der Waals surface area (Å²) in [5.74, 6) is 0.177. The van der Waals surface area contributed by atoms with Gasteiger partial charge in [0, 0.05) is 0 Å². The van der Waals surface area contributed by atoms with E-state index in [0.29, 0.717) is 16.5 Å². The number of amides is 1. The van der Waals surface area contributed by atoms with Crippen molar-refractivity contribution in [1.82, 2.24) is 5.32 Å². The summed E-state index contributed by atoms with van der Waals surface area (Å²) >= 11 is 6.03. The van der Waals surface area contributed by atoms with Crippen molar-refractivity contribution in [3.05, 3.63) is 34.3 Å². The number of halogens is 1. The molecule has 1 amide bonds. The molecule has 0 saturated heterocycles. The molecule has 3 nitrogen and oxygen atoms in total. The predicted octanol–water partition coefficient (Wildman–Crippen LogP) is 2.79. The normalized spacial score (nSPS) is 12.6. The first kappa shape index (κ1) is 15.0. The van der Waals surface area contributed by atoms with Crippen LogP contribution in [0.15, 0.2) is 18.2 Å². The van der Waals surface area contributed by atoms with Crippen LogP contribution in [-0.4, -0.2) is 23.7 Å². The maximum atomic E-state index is 12.0. The Morgan fingerprint density at radius 3 is 2.61 bits per heavy atom. The number of aliphatic hydroxyl groups is 1. The molecular weight excluding hydrogens is 250 g/mol. The third-order valence-electron chi connectivity index (χ3n) is 2.68. The average molecular weight is 270 g/mol. The highest BCUT2D eigenvalue weighted by molar-refractivity contribution is 6.33. The Labute approximate surface area is 113 Å². The van der Waals surface area contributed by atoms with Crippen LogP contribution in [0.25, 0.3) is 0 Å². The van der Waals surface area contributed by atoms with Crippen LogP contribution in [0.5, 0.6) is 0 Å². The Bertz CT molecular complexity index is 418. The molecule has 0 aliphatic rings. The molecule has 0 aliphatic carbocycles. The van der Waals surface area contributed by atoms with Gasteiger partial charge < -0.3 is 10.4 Å². The van der Waals surface area contributed by atoms with Crippen molar-refractivity contribution < 1.29 is 9.90 Å². The first-order valence-corrected chi connectivity index (χ1v) is 6.49. The lowest BCUT2D eigenvalue weighted by atomic mass is 10.0. The largest absolute Gasteiger partial charge is 0.394 e. The second-order valence-electron chi connectivity index (χ2n) is 4.97. The van der Waals surface area contributed by atoms with E-state index < -0.39 is 0 Å². The van der Waals surface area contributed by atoms with Crippen molar-refractivity contribution in [2.24, 2.45) is 5.92 Å². The Morgan fingerprint density at radius 2 is 2.11 bits per heavy atom. The molecule has 18 heavy (non-hydrogen) atoms. The van der Waals surface area contributed by atoms with Gasteiger partial charge >= 0.3 is 0 Å². The van der Waals surface area contributed by atoms with Crippen molar-refractivity contribution in [2.45, 2.75) is 33.2 Å². The van der Waals surface area contributed by atoms with Crippen molar-refractivity contribution in [3.8, 4) is 0 Å². The molecular formula is C14H20ClNO2. The molecule has 0 heterocycles. The van der Waals surface area contributed by atoms with Crippen LogP contribution in [-0.2, 0) is 0 Å². The lowest BCUT2D eigenvalue weighted by Crippen LogP contribution is -2.38. The van der Waals surface area contributed by atoms with Gasteiger partial charge in [0.2, 0.25) is 0 Å². The summed E-state index contributed by atoms with van der Waals surface area (Å²) in [5, 5.41) is 12.5. The van der Waals surface area contributed by atoms with Crippen LogP contribution in [0, 0.1) is 12.8 Å². The highest BCUT2D eigenvalue weighted by Gasteiger charge is 2.16. The number of carbonyl (C=O) groups excluding carboxylic acids is 1. The monoisotopic (exact) mass is 269 g/mol. The van der Waals surface area contributed by atoms with E-state index in [1.165, 1.54) is 0 Å². The van der Waals surface area contributed by atoms with Gasteiger partial charge in [-0.05, 0) is 37.0 Å². The van der Waals surface area contributed by atoms with Gasteiger partial charge in [-0.3, -0.25) is 4.79 Å². The van der Waals surface area contributed by atoms with Gasteiger partial charge in [-0.1, -0.05) is 31.5 Å². The standard InChI is InChI=1S/C14H20ClNO2/c1-9(2)6-11(8-17)16-14(18)12-5-4-10(3)7-13(12)15/h4-5,7,9,11,17H,6,8H2,1-3H3,(H,16,18). The first-order valence-electron chi connectivity index (χ1n) is 6.12. The van der Waals surface area contributed by atoms with E-state index in [-0.39, 0.29) is 18.6 Å².